The number of hydrogen-bond acceptors (Lipinski definition) is 3. The molecule has 1 rings (SSSR count). The summed E-state index contributed by atoms with van der Waals surface area (Å²) in [6, 6.07) is 9.28. The summed E-state index contributed by atoms with van der Waals surface area (Å²) < 4.78 is 0. The lowest BCUT2D eigenvalue weighted by Crippen LogP contribution is -2.38. The highest BCUT2D eigenvalue weighted by Crippen LogP contribution is 2.03. The summed E-state index contributed by atoms with van der Waals surface area (Å²) in [4.78, 5) is 0. The molecule has 0 saturated heterocycles. The van der Waals surface area contributed by atoms with Crippen molar-refractivity contribution in [2.45, 2.75) is 18.6 Å². The van der Waals surface area contributed by atoms with Crippen LogP contribution < -0.4 is 5.73 Å². The van der Waals surface area contributed by atoms with E-state index in [-0.39, 0.29) is 19.0 Å². The number of halogens is 1. The van der Waals surface area contributed by atoms with E-state index in [1.807, 2.05) is 30.3 Å². The third-order valence-electron chi connectivity index (χ3n) is 2.00. The summed E-state index contributed by atoms with van der Waals surface area (Å²) >= 11 is 0. The van der Waals surface area contributed by atoms with Crippen LogP contribution >= 0.6 is 12.4 Å². The Balaban J connectivity index is 0.00000169. The van der Waals surface area contributed by atoms with E-state index in [1.54, 1.807) is 0 Å². The van der Waals surface area contributed by atoms with Crippen LogP contribution in [0.5, 0.6) is 0 Å². The molecular formula is C10H16ClNO2. The molecular weight excluding hydrogens is 202 g/mol. The van der Waals surface area contributed by atoms with Crippen molar-refractivity contribution >= 4 is 12.4 Å². The number of aliphatic hydroxyl groups is 2. The van der Waals surface area contributed by atoms with Gasteiger partial charge in [-0.1, -0.05) is 30.3 Å². The average molecular weight is 218 g/mol. The van der Waals surface area contributed by atoms with E-state index < -0.39 is 12.1 Å². The normalized spacial score (nSPS) is 14.2. The highest BCUT2D eigenvalue weighted by molar-refractivity contribution is 5.85. The van der Waals surface area contributed by atoms with Gasteiger partial charge in [0.25, 0.3) is 0 Å². The van der Waals surface area contributed by atoms with E-state index in [0.29, 0.717) is 6.42 Å². The SMILES string of the molecule is Cl.N[C@@H](Cc1ccccc1)[C@H](O)CO. The van der Waals surface area contributed by atoms with Crippen LogP contribution in [0.25, 0.3) is 0 Å². The van der Waals surface area contributed by atoms with Crippen molar-refractivity contribution in [3.8, 4) is 0 Å². The molecule has 14 heavy (non-hydrogen) atoms. The summed E-state index contributed by atoms with van der Waals surface area (Å²) in [6.45, 7) is -0.284. The molecule has 0 bridgehead atoms. The van der Waals surface area contributed by atoms with Gasteiger partial charge < -0.3 is 15.9 Å². The fourth-order valence-electron chi connectivity index (χ4n) is 1.16. The summed E-state index contributed by atoms with van der Waals surface area (Å²) in [5.74, 6) is 0. The zero-order chi connectivity index (χ0) is 9.68. The highest BCUT2D eigenvalue weighted by Gasteiger charge is 2.13. The average Bonchev–Trinajstić information content (AvgIpc) is 2.18. The van der Waals surface area contributed by atoms with Gasteiger partial charge in [0.1, 0.15) is 0 Å². The number of aliphatic hydroxyl groups excluding tert-OH is 2. The molecule has 1 aromatic rings. The summed E-state index contributed by atoms with van der Waals surface area (Å²) in [7, 11) is 0. The van der Waals surface area contributed by atoms with Crippen LogP contribution in [0, 0.1) is 0 Å². The minimum atomic E-state index is -0.833. The van der Waals surface area contributed by atoms with Crippen molar-refractivity contribution in [1.82, 2.24) is 0 Å². The third kappa shape index (κ3) is 4.07. The Morgan fingerprint density at radius 1 is 1.21 bits per heavy atom. The summed E-state index contributed by atoms with van der Waals surface area (Å²) in [6.07, 6.45) is -0.247. The molecule has 0 aliphatic carbocycles. The van der Waals surface area contributed by atoms with Crippen molar-refractivity contribution in [1.29, 1.82) is 0 Å². The van der Waals surface area contributed by atoms with Gasteiger partial charge in [-0.25, -0.2) is 0 Å². The van der Waals surface area contributed by atoms with Gasteiger partial charge in [-0.05, 0) is 12.0 Å². The van der Waals surface area contributed by atoms with Crippen molar-refractivity contribution in [2.24, 2.45) is 5.73 Å². The zero-order valence-electron chi connectivity index (χ0n) is 7.84. The predicted octanol–water partition coefficient (Wildman–Crippen LogP) is 0.331. The molecule has 0 saturated carbocycles. The van der Waals surface area contributed by atoms with Crippen molar-refractivity contribution in [2.75, 3.05) is 6.61 Å². The van der Waals surface area contributed by atoms with Crippen molar-refractivity contribution in [3.63, 3.8) is 0 Å². The standard InChI is InChI=1S/C10H15NO2.ClH/c11-9(10(13)7-12)6-8-4-2-1-3-5-8;/h1-5,9-10,12-13H,6-7,11H2;1H/t9-,10+;/m0./s1. The predicted molar refractivity (Wildman–Crippen MR) is 58.5 cm³/mol. The number of hydrogen-bond donors (Lipinski definition) is 3. The molecule has 0 unspecified atom stereocenters. The van der Waals surface area contributed by atoms with Gasteiger partial charge in [0, 0.05) is 6.04 Å². The van der Waals surface area contributed by atoms with Gasteiger partial charge >= 0.3 is 0 Å². The van der Waals surface area contributed by atoms with E-state index in [0.717, 1.165) is 5.56 Å². The molecule has 0 heterocycles. The lowest BCUT2D eigenvalue weighted by molar-refractivity contribution is 0.0742. The quantitative estimate of drug-likeness (QED) is 0.681. The van der Waals surface area contributed by atoms with Gasteiger partial charge in [0.2, 0.25) is 0 Å². The lowest BCUT2D eigenvalue weighted by Gasteiger charge is -2.16. The van der Waals surface area contributed by atoms with E-state index in [2.05, 4.69) is 0 Å². The molecule has 2 atom stereocenters. The van der Waals surface area contributed by atoms with Crippen LogP contribution in [-0.4, -0.2) is 29.0 Å². The minimum absolute atomic E-state index is 0. The first-order valence-corrected chi connectivity index (χ1v) is 4.32. The van der Waals surface area contributed by atoms with E-state index in [4.69, 9.17) is 10.8 Å². The topological polar surface area (TPSA) is 66.5 Å². The molecule has 0 amide bonds. The second kappa shape index (κ2) is 6.79. The molecule has 0 aliphatic rings. The van der Waals surface area contributed by atoms with Crippen molar-refractivity contribution < 1.29 is 10.2 Å². The Morgan fingerprint density at radius 3 is 2.29 bits per heavy atom. The van der Waals surface area contributed by atoms with Crippen LogP contribution in [0.3, 0.4) is 0 Å². The first-order chi connectivity index (χ1) is 6.24. The minimum Gasteiger partial charge on any atom is -0.394 e. The van der Waals surface area contributed by atoms with Gasteiger partial charge in [-0.15, -0.1) is 12.4 Å². The lowest BCUT2D eigenvalue weighted by atomic mass is 10.0. The van der Waals surface area contributed by atoms with Crippen LogP contribution in [0.1, 0.15) is 5.56 Å². The van der Waals surface area contributed by atoms with Crippen molar-refractivity contribution in [3.05, 3.63) is 35.9 Å². The molecule has 0 spiro atoms. The smallest absolute Gasteiger partial charge is 0.0924 e. The molecule has 80 valence electrons. The number of nitrogens with two attached hydrogens (primary N) is 1. The van der Waals surface area contributed by atoms with Gasteiger partial charge in [-0.2, -0.15) is 0 Å². The zero-order valence-corrected chi connectivity index (χ0v) is 8.65. The van der Waals surface area contributed by atoms with Crippen LogP contribution in [0.2, 0.25) is 0 Å². The summed E-state index contributed by atoms with van der Waals surface area (Å²) in [5, 5.41) is 17.9. The third-order valence-corrected chi connectivity index (χ3v) is 2.00. The molecule has 0 fully saturated rings. The van der Waals surface area contributed by atoms with Crippen LogP contribution in [0.15, 0.2) is 30.3 Å². The van der Waals surface area contributed by atoms with E-state index in [1.165, 1.54) is 0 Å². The molecule has 0 aromatic heterocycles. The van der Waals surface area contributed by atoms with Crippen LogP contribution in [-0.2, 0) is 6.42 Å². The van der Waals surface area contributed by atoms with Gasteiger partial charge in [-0.3, -0.25) is 0 Å². The summed E-state index contributed by atoms with van der Waals surface area (Å²) in [5.41, 5.74) is 6.72. The highest BCUT2D eigenvalue weighted by atomic mass is 35.5. The fraction of sp³-hybridized carbons (Fsp3) is 0.400. The van der Waals surface area contributed by atoms with E-state index >= 15 is 0 Å². The molecule has 3 nitrogen and oxygen atoms in total. The monoisotopic (exact) mass is 217 g/mol. The van der Waals surface area contributed by atoms with E-state index in [9.17, 15) is 5.11 Å². The van der Waals surface area contributed by atoms with Gasteiger partial charge in [0.15, 0.2) is 0 Å². The molecule has 4 heteroatoms. The maximum atomic E-state index is 9.21. The molecule has 1 aromatic carbocycles. The maximum Gasteiger partial charge on any atom is 0.0924 e. The molecule has 4 N–H and O–H groups in total. The Bertz CT molecular complexity index is 243. The first-order valence-electron chi connectivity index (χ1n) is 4.32. The Hall–Kier alpha value is -0.610. The maximum absolute atomic E-state index is 9.21. The molecule has 0 aliphatic heterocycles. The first kappa shape index (κ1) is 13.4. The van der Waals surface area contributed by atoms with Gasteiger partial charge in [0.05, 0.1) is 12.7 Å². The Kier molecular flexibility index (Phi) is 6.49. The second-order valence-corrected chi connectivity index (χ2v) is 3.10. The largest absolute Gasteiger partial charge is 0.394 e. The fourth-order valence-corrected chi connectivity index (χ4v) is 1.16. The van der Waals surface area contributed by atoms with Crippen LogP contribution in [0.4, 0.5) is 0 Å². The number of benzene rings is 1. The second-order valence-electron chi connectivity index (χ2n) is 3.10. The Morgan fingerprint density at radius 2 is 1.79 bits per heavy atom. The molecule has 0 radical (unpaired) electrons. The Labute approximate surface area is 90.0 Å². The number of rotatable bonds is 4.